The van der Waals surface area contributed by atoms with Crippen molar-refractivity contribution in [3.8, 4) is 11.5 Å². The Balaban J connectivity index is 1.95. The number of hydrogen-bond donors (Lipinski definition) is 1. The Hall–Kier alpha value is -1.97. The van der Waals surface area contributed by atoms with Gasteiger partial charge in [-0.15, -0.1) is 0 Å². The summed E-state index contributed by atoms with van der Waals surface area (Å²) in [5.41, 5.74) is 2.26. The van der Waals surface area contributed by atoms with Gasteiger partial charge in [0.05, 0.1) is 5.02 Å². The molecule has 0 aliphatic heterocycles. The van der Waals surface area contributed by atoms with E-state index in [1.54, 1.807) is 0 Å². The van der Waals surface area contributed by atoms with E-state index in [9.17, 15) is 0 Å². The van der Waals surface area contributed by atoms with Crippen molar-refractivity contribution in [3.63, 3.8) is 0 Å². The molecule has 1 heterocycles. The Labute approximate surface area is 135 Å². The van der Waals surface area contributed by atoms with Crippen LogP contribution in [0, 0.1) is 0 Å². The van der Waals surface area contributed by atoms with Gasteiger partial charge in [0, 0.05) is 23.6 Å². The number of likely N-dealkylation sites (N-methyl/N-ethyl adjacent to an activating group) is 1. The monoisotopic (exact) mass is 314 g/mol. The van der Waals surface area contributed by atoms with Gasteiger partial charge in [-0.1, -0.05) is 29.8 Å². The normalized spacial score (nSPS) is 11.3. The second kappa shape index (κ2) is 6.42. The van der Waals surface area contributed by atoms with Crippen molar-refractivity contribution in [2.45, 2.75) is 6.42 Å². The number of aromatic amines is 1. The number of para-hydroxylation sites is 1. The molecule has 4 heteroatoms. The smallest absolute Gasteiger partial charge is 0.146 e. The highest BCUT2D eigenvalue weighted by molar-refractivity contribution is 6.37. The summed E-state index contributed by atoms with van der Waals surface area (Å²) in [5, 5.41) is 1.72. The fraction of sp³-hybridized carbons (Fsp3) is 0.222. The second-order valence-electron chi connectivity index (χ2n) is 5.58. The molecule has 0 amide bonds. The van der Waals surface area contributed by atoms with Gasteiger partial charge < -0.3 is 14.6 Å². The van der Waals surface area contributed by atoms with Gasteiger partial charge in [0.2, 0.25) is 0 Å². The van der Waals surface area contributed by atoms with Gasteiger partial charge in [-0.2, -0.15) is 0 Å². The van der Waals surface area contributed by atoms with Crippen molar-refractivity contribution >= 4 is 22.5 Å². The molecule has 0 saturated heterocycles. The maximum absolute atomic E-state index is 6.59. The molecule has 2 aromatic carbocycles. The molecular formula is C18H19ClN2O. The van der Waals surface area contributed by atoms with Crippen molar-refractivity contribution in [2.75, 3.05) is 20.6 Å². The standard InChI is InChI=1S/C18H19ClN2O/c1-21(2)11-10-13-12-20-15-8-9-16(18(19)17(13)15)22-14-6-4-3-5-7-14/h3-9,12,20H,10-11H2,1-2H3. The predicted octanol–water partition coefficient (Wildman–Crippen LogP) is 4.72. The summed E-state index contributed by atoms with van der Waals surface area (Å²) in [4.78, 5) is 5.45. The first-order valence-corrected chi connectivity index (χ1v) is 7.69. The third kappa shape index (κ3) is 3.11. The summed E-state index contributed by atoms with van der Waals surface area (Å²) in [6, 6.07) is 13.6. The van der Waals surface area contributed by atoms with Crippen molar-refractivity contribution in [2.24, 2.45) is 0 Å². The van der Waals surface area contributed by atoms with Crippen LogP contribution in [-0.2, 0) is 6.42 Å². The third-order valence-corrected chi connectivity index (χ3v) is 4.00. The van der Waals surface area contributed by atoms with E-state index in [0.717, 1.165) is 29.6 Å². The van der Waals surface area contributed by atoms with Gasteiger partial charge >= 0.3 is 0 Å². The maximum Gasteiger partial charge on any atom is 0.146 e. The number of nitrogens with one attached hydrogen (secondary N) is 1. The Morgan fingerprint density at radius 3 is 2.59 bits per heavy atom. The van der Waals surface area contributed by atoms with Gasteiger partial charge in [-0.05, 0) is 50.3 Å². The molecule has 0 bridgehead atoms. The lowest BCUT2D eigenvalue weighted by molar-refractivity contribution is 0.414. The minimum absolute atomic E-state index is 0.663. The molecule has 0 unspecified atom stereocenters. The highest BCUT2D eigenvalue weighted by Crippen LogP contribution is 2.37. The number of halogens is 1. The van der Waals surface area contributed by atoms with Gasteiger partial charge in [-0.3, -0.25) is 0 Å². The average Bonchev–Trinajstić information content (AvgIpc) is 2.93. The molecule has 0 radical (unpaired) electrons. The van der Waals surface area contributed by atoms with Crippen LogP contribution < -0.4 is 4.74 Å². The second-order valence-corrected chi connectivity index (χ2v) is 5.96. The molecule has 3 aromatic rings. The van der Waals surface area contributed by atoms with Crippen LogP contribution in [0.3, 0.4) is 0 Å². The largest absolute Gasteiger partial charge is 0.456 e. The van der Waals surface area contributed by atoms with E-state index >= 15 is 0 Å². The highest BCUT2D eigenvalue weighted by atomic mass is 35.5. The molecule has 0 spiro atoms. The molecule has 0 atom stereocenters. The number of ether oxygens (including phenoxy) is 1. The van der Waals surface area contributed by atoms with Gasteiger partial charge in [0.15, 0.2) is 0 Å². The lowest BCUT2D eigenvalue weighted by Gasteiger charge is -2.11. The zero-order chi connectivity index (χ0) is 15.5. The molecule has 3 rings (SSSR count). The number of fused-ring (bicyclic) bond motifs is 1. The molecule has 114 valence electrons. The van der Waals surface area contributed by atoms with Gasteiger partial charge in [0.25, 0.3) is 0 Å². The maximum atomic E-state index is 6.59. The van der Waals surface area contributed by atoms with Crippen LogP contribution in [0.25, 0.3) is 10.9 Å². The highest BCUT2D eigenvalue weighted by Gasteiger charge is 2.13. The van der Waals surface area contributed by atoms with Gasteiger partial charge in [0.1, 0.15) is 11.5 Å². The predicted molar refractivity (Wildman–Crippen MR) is 92.1 cm³/mol. The number of hydrogen-bond acceptors (Lipinski definition) is 2. The minimum Gasteiger partial charge on any atom is -0.456 e. The van der Waals surface area contributed by atoms with Crippen LogP contribution in [0.2, 0.25) is 5.02 Å². The van der Waals surface area contributed by atoms with Crippen LogP contribution in [0.4, 0.5) is 0 Å². The van der Waals surface area contributed by atoms with E-state index in [-0.39, 0.29) is 0 Å². The molecule has 3 nitrogen and oxygen atoms in total. The first kappa shape index (κ1) is 14.9. The number of aromatic nitrogens is 1. The zero-order valence-electron chi connectivity index (χ0n) is 12.8. The first-order valence-electron chi connectivity index (χ1n) is 7.31. The van der Waals surface area contributed by atoms with Crippen LogP contribution >= 0.6 is 11.6 Å². The summed E-state index contributed by atoms with van der Waals surface area (Å²) in [6.45, 7) is 0.979. The van der Waals surface area contributed by atoms with Gasteiger partial charge in [-0.25, -0.2) is 0 Å². The minimum atomic E-state index is 0.663. The molecule has 1 aromatic heterocycles. The average molecular weight is 315 g/mol. The van der Waals surface area contributed by atoms with Crippen LogP contribution in [0.5, 0.6) is 11.5 Å². The molecule has 0 aliphatic carbocycles. The van der Waals surface area contributed by atoms with E-state index in [4.69, 9.17) is 16.3 Å². The fourth-order valence-corrected chi connectivity index (χ4v) is 2.79. The van der Waals surface area contributed by atoms with E-state index < -0.39 is 0 Å². The number of H-pyrrole nitrogens is 1. The summed E-state index contributed by atoms with van der Waals surface area (Å²) >= 11 is 6.59. The molecular weight excluding hydrogens is 296 g/mol. The Kier molecular flexibility index (Phi) is 4.36. The number of benzene rings is 2. The van der Waals surface area contributed by atoms with Crippen LogP contribution in [-0.4, -0.2) is 30.5 Å². The van der Waals surface area contributed by atoms with Crippen molar-refractivity contribution < 1.29 is 4.74 Å². The summed E-state index contributed by atoms with van der Waals surface area (Å²) in [7, 11) is 4.14. The lowest BCUT2D eigenvalue weighted by atomic mass is 10.1. The molecule has 22 heavy (non-hydrogen) atoms. The topological polar surface area (TPSA) is 28.3 Å². The number of rotatable bonds is 5. The molecule has 0 aliphatic rings. The molecule has 0 saturated carbocycles. The van der Waals surface area contributed by atoms with E-state index in [0.29, 0.717) is 10.8 Å². The van der Waals surface area contributed by atoms with Crippen molar-refractivity contribution in [3.05, 3.63) is 59.2 Å². The summed E-state index contributed by atoms with van der Waals surface area (Å²) in [6.07, 6.45) is 2.98. The Bertz CT molecular complexity index is 765. The number of nitrogens with zero attached hydrogens (tertiary/aromatic N) is 1. The van der Waals surface area contributed by atoms with E-state index in [1.807, 2.05) is 48.7 Å². The van der Waals surface area contributed by atoms with Crippen LogP contribution in [0.15, 0.2) is 48.7 Å². The van der Waals surface area contributed by atoms with E-state index in [2.05, 4.69) is 24.0 Å². The lowest BCUT2D eigenvalue weighted by Crippen LogP contribution is -2.14. The SMILES string of the molecule is CN(C)CCc1c[nH]c2ccc(Oc3ccccc3)c(Cl)c12. The summed E-state index contributed by atoms with van der Waals surface area (Å²) in [5.74, 6) is 1.47. The van der Waals surface area contributed by atoms with Crippen molar-refractivity contribution in [1.82, 2.24) is 9.88 Å². The Morgan fingerprint density at radius 2 is 1.86 bits per heavy atom. The summed E-state index contributed by atoms with van der Waals surface area (Å²) < 4.78 is 5.91. The zero-order valence-corrected chi connectivity index (χ0v) is 13.5. The molecule has 0 fully saturated rings. The molecule has 1 N–H and O–H groups in total. The Morgan fingerprint density at radius 1 is 1.09 bits per heavy atom. The quantitative estimate of drug-likeness (QED) is 0.738. The van der Waals surface area contributed by atoms with Crippen molar-refractivity contribution in [1.29, 1.82) is 0 Å². The van der Waals surface area contributed by atoms with Crippen LogP contribution in [0.1, 0.15) is 5.56 Å². The van der Waals surface area contributed by atoms with E-state index in [1.165, 1.54) is 5.56 Å². The third-order valence-electron chi connectivity index (χ3n) is 3.63. The fourth-order valence-electron chi connectivity index (χ4n) is 2.46. The first-order chi connectivity index (χ1) is 10.6.